The van der Waals surface area contributed by atoms with Crippen LogP contribution in [0, 0.1) is 11.6 Å². The van der Waals surface area contributed by atoms with E-state index in [9.17, 15) is 8.78 Å². The summed E-state index contributed by atoms with van der Waals surface area (Å²) < 4.78 is 32.1. The number of ether oxygens (including phenoxy) is 1. The van der Waals surface area contributed by atoms with Crippen molar-refractivity contribution in [3.05, 3.63) is 93.5 Å². The molecule has 0 bridgehead atoms. The Balaban J connectivity index is 1.70. The summed E-state index contributed by atoms with van der Waals surface area (Å²) in [5.74, 6) is -0.106. The Morgan fingerprint density at radius 3 is 2.38 bits per heavy atom. The molecule has 0 fully saturated rings. The summed E-state index contributed by atoms with van der Waals surface area (Å²) >= 11 is 11.9. The van der Waals surface area contributed by atoms with Crippen LogP contribution in [0.4, 0.5) is 14.5 Å². The fourth-order valence-electron chi connectivity index (χ4n) is 2.37. The summed E-state index contributed by atoms with van der Waals surface area (Å²) in [4.78, 5) is 0. The number of benzene rings is 3. The van der Waals surface area contributed by atoms with Crippen molar-refractivity contribution < 1.29 is 13.5 Å². The Kier molecular flexibility index (Phi) is 5.96. The van der Waals surface area contributed by atoms with E-state index in [4.69, 9.17) is 27.9 Å². The largest absolute Gasteiger partial charge is 0.489 e. The number of anilines is 1. The van der Waals surface area contributed by atoms with Gasteiger partial charge in [-0.1, -0.05) is 35.3 Å². The molecule has 0 aromatic heterocycles. The lowest BCUT2D eigenvalue weighted by molar-refractivity contribution is 0.303. The van der Waals surface area contributed by atoms with Crippen molar-refractivity contribution >= 4 is 28.9 Å². The van der Waals surface area contributed by atoms with Crippen molar-refractivity contribution in [2.24, 2.45) is 0 Å². The Hall–Kier alpha value is -2.30. The molecular formula is C20H15Cl2F2NO. The molecular weight excluding hydrogens is 379 g/mol. The Morgan fingerprint density at radius 1 is 0.885 bits per heavy atom. The average molecular weight is 394 g/mol. The predicted molar refractivity (Wildman–Crippen MR) is 101 cm³/mol. The van der Waals surface area contributed by atoms with Gasteiger partial charge in [-0.15, -0.1) is 0 Å². The minimum atomic E-state index is -0.469. The molecule has 0 aliphatic carbocycles. The zero-order valence-corrected chi connectivity index (χ0v) is 15.1. The molecule has 3 aromatic carbocycles. The highest BCUT2D eigenvalue weighted by Crippen LogP contribution is 2.26. The molecule has 0 heterocycles. The first-order chi connectivity index (χ1) is 12.5. The summed E-state index contributed by atoms with van der Waals surface area (Å²) in [5.41, 5.74) is 2.37. The molecule has 1 N–H and O–H groups in total. The van der Waals surface area contributed by atoms with Gasteiger partial charge in [-0.3, -0.25) is 0 Å². The van der Waals surface area contributed by atoms with E-state index in [1.807, 2.05) is 0 Å². The van der Waals surface area contributed by atoms with Crippen LogP contribution in [-0.2, 0) is 13.2 Å². The van der Waals surface area contributed by atoms with Crippen LogP contribution in [0.5, 0.6) is 5.75 Å². The van der Waals surface area contributed by atoms with Gasteiger partial charge in [0.05, 0.1) is 5.02 Å². The molecule has 0 unspecified atom stereocenters. The molecule has 0 aliphatic heterocycles. The molecule has 0 saturated carbocycles. The minimum absolute atomic E-state index is 0.0499. The maximum absolute atomic E-state index is 13.2. The second-order valence-electron chi connectivity index (χ2n) is 5.65. The van der Waals surface area contributed by atoms with E-state index in [0.29, 0.717) is 29.6 Å². The number of hydrogen-bond acceptors (Lipinski definition) is 2. The van der Waals surface area contributed by atoms with E-state index >= 15 is 0 Å². The van der Waals surface area contributed by atoms with Gasteiger partial charge in [0.25, 0.3) is 0 Å². The monoisotopic (exact) mass is 393 g/mol. The molecule has 6 heteroatoms. The molecule has 0 spiro atoms. The quantitative estimate of drug-likeness (QED) is 0.518. The first kappa shape index (κ1) is 18.5. The third kappa shape index (κ3) is 4.87. The lowest BCUT2D eigenvalue weighted by atomic mass is 10.2. The van der Waals surface area contributed by atoms with Crippen molar-refractivity contribution in [1.82, 2.24) is 0 Å². The first-order valence-electron chi connectivity index (χ1n) is 7.86. The van der Waals surface area contributed by atoms with E-state index in [2.05, 4.69) is 5.32 Å². The van der Waals surface area contributed by atoms with E-state index in [0.717, 1.165) is 11.1 Å². The van der Waals surface area contributed by atoms with Gasteiger partial charge < -0.3 is 10.1 Å². The Morgan fingerprint density at radius 2 is 1.65 bits per heavy atom. The summed E-state index contributed by atoms with van der Waals surface area (Å²) in [6.45, 7) is 0.721. The average Bonchev–Trinajstić information content (AvgIpc) is 2.63. The van der Waals surface area contributed by atoms with Crippen LogP contribution in [0.2, 0.25) is 10.0 Å². The third-order valence-electron chi connectivity index (χ3n) is 3.73. The van der Waals surface area contributed by atoms with Crippen LogP contribution in [0.3, 0.4) is 0 Å². The SMILES string of the molecule is Fc1ccc(COc2ccc(Cl)cc2CNc2ccc(F)c(Cl)c2)cc1. The normalized spacial score (nSPS) is 10.6. The smallest absolute Gasteiger partial charge is 0.141 e. The van der Waals surface area contributed by atoms with Crippen molar-refractivity contribution in [1.29, 1.82) is 0 Å². The van der Waals surface area contributed by atoms with Gasteiger partial charge in [-0.2, -0.15) is 0 Å². The van der Waals surface area contributed by atoms with Crippen molar-refractivity contribution in [2.75, 3.05) is 5.32 Å². The van der Waals surface area contributed by atoms with E-state index in [1.165, 1.54) is 24.3 Å². The van der Waals surface area contributed by atoms with Gasteiger partial charge in [0.15, 0.2) is 0 Å². The fraction of sp³-hybridized carbons (Fsp3) is 0.100. The zero-order valence-electron chi connectivity index (χ0n) is 13.6. The van der Waals surface area contributed by atoms with Crippen LogP contribution >= 0.6 is 23.2 Å². The topological polar surface area (TPSA) is 21.3 Å². The van der Waals surface area contributed by atoms with Crippen LogP contribution in [0.15, 0.2) is 60.7 Å². The minimum Gasteiger partial charge on any atom is -0.489 e. The number of hydrogen-bond donors (Lipinski definition) is 1. The zero-order chi connectivity index (χ0) is 18.5. The summed E-state index contributed by atoms with van der Waals surface area (Å²) in [6, 6.07) is 15.8. The van der Waals surface area contributed by atoms with Gasteiger partial charge in [-0.25, -0.2) is 8.78 Å². The molecule has 0 radical (unpaired) electrons. The van der Waals surface area contributed by atoms with E-state index < -0.39 is 5.82 Å². The van der Waals surface area contributed by atoms with Crippen LogP contribution in [0.25, 0.3) is 0 Å². The molecule has 0 saturated heterocycles. The molecule has 3 rings (SSSR count). The molecule has 2 nitrogen and oxygen atoms in total. The molecule has 26 heavy (non-hydrogen) atoms. The number of nitrogens with one attached hydrogen (secondary N) is 1. The summed E-state index contributed by atoms with van der Waals surface area (Å²) in [5, 5.41) is 3.79. The van der Waals surface area contributed by atoms with Gasteiger partial charge in [0, 0.05) is 22.8 Å². The molecule has 0 aliphatic rings. The molecule has 0 atom stereocenters. The predicted octanol–water partition coefficient (Wildman–Crippen LogP) is 6.46. The highest BCUT2D eigenvalue weighted by Gasteiger charge is 2.07. The summed E-state index contributed by atoms with van der Waals surface area (Å²) in [6.07, 6.45) is 0. The fourth-order valence-corrected chi connectivity index (χ4v) is 2.75. The Labute approximate surface area is 160 Å². The number of halogens is 4. The second kappa shape index (κ2) is 8.39. The molecule has 3 aromatic rings. The van der Waals surface area contributed by atoms with Gasteiger partial charge in [0.1, 0.15) is 24.0 Å². The van der Waals surface area contributed by atoms with Crippen molar-refractivity contribution in [3.63, 3.8) is 0 Å². The third-order valence-corrected chi connectivity index (χ3v) is 4.26. The lowest BCUT2D eigenvalue weighted by Crippen LogP contribution is -2.04. The second-order valence-corrected chi connectivity index (χ2v) is 6.49. The standard InChI is InChI=1S/C20H15Cl2F2NO/c21-15-3-8-20(26-12-13-1-4-16(23)5-2-13)14(9-15)11-25-17-6-7-19(24)18(22)10-17/h1-10,25H,11-12H2. The lowest BCUT2D eigenvalue weighted by Gasteiger charge is -2.14. The van der Waals surface area contributed by atoms with Gasteiger partial charge in [0.2, 0.25) is 0 Å². The summed E-state index contributed by atoms with van der Waals surface area (Å²) in [7, 11) is 0. The van der Waals surface area contributed by atoms with Crippen LogP contribution in [-0.4, -0.2) is 0 Å². The Bertz CT molecular complexity index is 901. The maximum atomic E-state index is 13.2. The molecule has 134 valence electrons. The van der Waals surface area contributed by atoms with E-state index in [1.54, 1.807) is 36.4 Å². The van der Waals surface area contributed by atoms with Crippen molar-refractivity contribution in [3.8, 4) is 5.75 Å². The van der Waals surface area contributed by atoms with Crippen LogP contribution in [0.1, 0.15) is 11.1 Å². The van der Waals surface area contributed by atoms with E-state index in [-0.39, 0.29) is 10.8 Å². The van der Waals surface area contributed by atoms with Gasteiger partial charge in [-0.05, 0) is 54.1 Å². The highest BCUT2D eigenvalue weighted by atomic mass is 35.5. The van der Waals surface area contributed by atoms with Gasteiger partial charge >= 0.3 is 0 Å². The molecule has 0 amide bonds. The highest BCUT2D eigenvalue weighted by molar-refractivity contribution is 6.31. The number of rotatable bonds is 6. The first-order valence-corrected chi connectivity index (χ1v) is 8.61. The van der Waals surface area contributed by atoms with Crippen LogP contribution < -0.4 is 10.1 Å². The maximum Gasteiger partial charge on any atom is 0.141 e. The van der Waals surface area contributed by atoms with Crippen molar-refractivity contribution in [2.45, 2.75) is 13.2 Å².